The number of rotatable bonds is 4. The highest BCUT2D eigenvalue weighted by Crippen LogP contribution is 2.51. The largest absolute Gasteiger partial charge is 0.469 e. The molecule has 10 heteroatoms. The Bertz CT molecular complexity index is 923. The summed E-state index contributed by atoms with van der Waals surface area (Å²) >= 11 is 0. The van der Waals surface area contributed by atoms with Crippen molar-refractivity contribution < 1.29 is 33.5 Å². The van der Waals surface area contributed by atoms with E-state index in [0.29, 0.717) is 11.3 Å². The first kappa shape index (κ1) is 20.5. The minimum atomic E-state index is -1.39. The van der Waals surface area contributed by atoms with Crippen LogP contribution >= 0.6 is 0 Å². The van der Waals surface area contributed by atoms with Crippen molar-refractivity contribution in [2.45, 2.75) is 25.5 Å². The van der Waals surface area contributed by atoms with Crippen LogP contribution in [0.3, 0.4) is 0 Å². The van der Waals surface area contributed by atoms with Crippen LogP contribution in [0.15, 0.2) is 35.5 Å². The summed E-state index contributed by atoms with van der Waals surface area (Å²) in [6.07, 6.45) is 0. The highest BCUT2D eigenvalue weighted by atomic mass is 16.6. The molecule has 1 amide bonds. The van der Waals surface area contributed by atoms with Gasteiger partial charge in [0, 0.05) is 23.7 Å². The number of hydrogen-bond acceptors (Lipinski definition) is 8. The molecule has 1 aromatic rings. The van der Waals surface area contributed by atoms with Crippen molar-refractivity contribution in [3.63, 3.8) is 0 Å². The van der Waals surface area contributed by atoms with Crippen molar-refractivity contribution in [1.82, 2.24) is 4.90 Å². The zero-order chi connectivity index (χ0) is 21.5. The average molecular weight is 404 g/mol. The van der Waals surface area contributed by atoms with Gasteiger partial charge < -0.3 is 14.2 Å². The molecule has 2 aliphatic heterocycles. The van der Waals surface area contributed by atoms with Crippen LogP contribution in [-0.2, 0) is 28.6 Å². The first-order valence-electron chi connectivity index (χ1n) is 8.75. The topological polar surface area (TPSA) is 125 Å². The van der Waals surface area contributed by atoms with Crippen LogP contribution in [0.25, 0.3) is 0 Å². The van der Waals surface area contributed by atoms with E-state index >= 15 is 0 Å². The van der Waals surface area contributed by atoms with Gasteiger partial charge in [0.2, 0.25) is 0 Å². The van der Waals surface area contributed by atoms with E-state index in [4.69, 9.17) is 14.2 Å². The second kappa shape index (κ2) is 7.28. The standard InChI is InChI=1S/C19H20N2O8/c1-10-14(17(23)27-3)15(11-5-7-12(8-6-11)21(25)26)16(18(24)28-4)19(2)20(10)13(22)9-29-19/h5-8,15-16H,9H2,1-4H3/t15-,16-,19+/m1/s1. The molecule has 0 aromatic heterocycles. The normalized spacial score (nSPS) is 26.2. The molecule has 0 bridgehead atoms. The van der Waals surface area contributed by atoms with Crippen LogP contribution in [0.1, 0.15) is 25.3 Å². The quantitative estimate of drug-likeness (QED) is 0.420. The van der Waals surface area contributed by atoms with Crippen LogP contribution in [-0.4, -0.2) is 54.2 Å². The van der Waals surface area contributed by atoms with E-state index in [-0.39, 0.29) is 17.9 Å². The molecule has 0 radical (unpaired) electrons. The molecule has 1 aromatic carbocycles. The molecule has 2 aliphatic rings. The number of ether oxygens (including phenoxy) is 3. The third kappa shape index (κ3) is 3.05. The van der Waals surface area contributed by atoms with Gasteiger partial charge in [-0.25, -0.2) is 4.79 Å². The molecule has 154 valence electrons. The van der Waals surface area contributed by atoms with Gasteiger partial charge in [0.15, 0.2) is 5.72 Å². The van der Waals surface area contributed by atoms with Gasteiger partial charge in [0.05, 0.1) is 24.7 Å². The number of nitro groups is 1. The lowest BCUT2D eigenvalue weighted by Crippen LogP contribution is -2.58. The number of hydrogen-bond donors (Lipinski definition) is 0. The summed E-state index contributed by atoms with van der Waals surface area (Å²) < 4.78 is 15.6. The van der Waals surface area contributed by atoms with E-state index in [1.54, 1.807) is 13.8 Å². The number of carbonyl (C=O) groups excluding carboxylic acids is 3. The Morgan fingerprint density at radius 1 is 1.24 bits per heavy atom. The van der Waals surface area contributed by atoms with Gasteiger partial charge >= 0.3 is 11.9 Å². The molecular weight excluding hydrogens is 384 g/mol. The number of methoxy groups -OCH3 is 2. The molecule has 10 nitrogen and oxygen atoms in total. The monoisotopic (exact) mass is 404 g/mol. The molecule has 1 saturated heterocycles. The first-order chi connectivity index (χ1) is 13.7. The SMILES string of the molecule is COC(=O)C1=C(C)N2C(=O)CO[C@@]2(C)[C@@H](C(=O)OC)[C@@H]1c1ccc([N+](=O)[O-])cc1. The van der Waals surface area contributed by atoms with Crippen LogP contribution < -0.4 is 0 Å². The molecule has 3 rings (SSSR count). The molecule has 3 atom stereocenters. The summed E-state index contributed by atoms with van der Waals surface area (Å²) in [5, 5.41) is 11.0. The third-order valence-corrected chi connectivity index (χ3v) is 5.45. The number of fused-ring (bicyclic) bond motifs is 1. The van der Waals surface area contributed by atoms with Gasteiger partial charge in [-0.15, -0.1) is 0 Å². The van der Waals surface area contributed by atoms with Crippen LogP contribution in [0.2, 0.25) is 0 Å². The van der Waals surface area contributed by atoms with Crippen molar-refractivity contribution >= 4 is 23.5 Å². The fourth-order valence-corrected chi connectivity index (χ4v) is 4.18. The van der Waals surface area contributed by atoms with Gasteiger partial charge in [-0.2, -0.15) is 0 Å². The smallest absolute Gasteiger partial charge is 0.336 e. The summed E-state index contributed by atoms with van der Waals surface area (Å²) in [6.45, 7) is 2.89. The first-order valence-corrected chi connectivity index (χ1v) is 8.75. The Labute approximate surface area is 166 Å². The van der Waals surface area contributed by atoms with Gasteiger partial charge in [-0.1, -0.05) is 12.1 Å². The predicted molar refractivity (Wildman–Crippen MR) is 97.3 cm³/mol. The van der Waals surface area contributed by atoms with Gasteiger partial charge in [-0.3, -0.25) is 24.6 Å². The highest BCUT2D eigenvalue weighted by molar-refractivity contribution is 5.96. The maximum Gasteiger partial charge on any atom is 0.336 e. The van der Waals surface area contributed by atoms with E-state index in [9.17, 15) is 24.5 Å². The van der Waals surface area contributed by atoms with Gasteiger partial charge in [-0.05, 0) is 19.4 Å². The maximum atomic E-state index is 12.8. The molecule has 0 spiro atoms. The van der Waals surface area contributed by atoms with E-state index < -0.39 is 40.3 Å². The Morgan fingerprint density at radius 2 is 1.86 bits per heavy atom. The number of carbonyl (C=O) groups is 3. The zero-order valence-electron chi connectivity index (χ0n) is 16.3. The van der Waals surface area contributed by atoms with Gasteiger partial charge in [0.1, 0.15) is 12.5 Å². The van der Waals surface area contributed by atoms with E-state index in [1.807, 2.05) is 0 Å². The molecule has 29 heavy (non-hydrogen) atoms. The highest BCUT2D eigenvalue weighted by Gasteiger charge is 2.61. The molecule has 0 aliphatic carbocycles. The van der Waals surface area contributed by atoms with Crippen molar-refractivity contribution in [1.29, 1.82) is 0 Å². The number of allylic oxidation sites excluding steroid dienone is 1. The fourth-order valence-electron chi connectivity index (χ4n) is 4.18. The second-order valence-corrected chi connectivity index (χ2v) is 6.89. The van der Waals surface area contributed by atoms with E-state index in [0.717, 1.165) is 0 Å². The number of amides is 1. The number of esters is 2. The lowest BCUT2D eigenvalue weighted by Gasteiger charge is -2.47. The van der Waals surface area contributed by atoms with Gasteiger partial charge in [0.25, 0.3) is 11.6 Å². The minimum Gasteiger partial charge on any atom is -0.469 e. The number of nitro benzene ring substituents is 1. The summed E-state index contributed by atoms with van der Waals surface area (Å²) in [5.74, 6) is -3.81. The lowest BCUT2D eigenvalue weighted by atomic mass is 9.71. The van der Waals surface area contributed by atoms with Crippen LogP contribution in [0.5, 0.6) is 0 Å². The minimum absolute atomic E-state index is 0.0908. The summed E-state index contributed by atoms with van der Waals surface area (Å²) in [4.78, 5) is 49.7. The summed E-state index contributed by atoms with van der Waals surface area (Å²) in [5.41, 5.74) is -0.689. The molecular formula is C19H20N2O8. The Balaban J connectivity index is 2.28. The number of benzene rings is 1. The van der Waals surface area contributed by atoms with Crippen molar-refractivity contribution in [2.24, 2.45) is 5.92 Å². The number of nitrogens with zero attached hydrogens (tertiary/aromatic N) is 2. The Morgan fingerprint density at radius 3 is 2.38 bits per heavy atom. The Hall–Kier alpha value is -3.27. The maximum absolute atomic E-state index is 12.8. The Kier molecular flexibility index (Phi) is 5.14. The van der Waals surface area contributed by atoms with Crippen LogP contribution in [0, 0.1) is 16.0 Å². The molecule has 0 unspecified atom stereocenters. The average Bonchev–Trinajstić information content (AvgIpc) is 3.02. The number of non-ortho nitro benzene ring substituents is 1. The molecule has 1 fully saturated rings. The van der Waals surface area contributed by atoms with E-state index in [1.165, 1.54) is 43.4 Å². The lowest BCUT2D eigenvalue weighted by molar-refractivity contribution is -0.384. The fraction of sp³-hybridized carbons (Fsp3) is 0.421. The van der Waals surface area contributed by atoms with Crippen molar-refractivity contribution in [3.05, 3.63) is 51.2 Å². The molecule has 0 N–H and O–H groups in total. The third-order valence-electron chi connectivity index (χ3n) is 5.45. The second-order valence-electron chi connectivity index (χ2n) is 6.89. The van der Waals surface area contributed by atoms with Crippen molar-refractivity contribution in [2.75, 3.05) is 20.8 Å². The predicted octanol–water partition coefficient (Wildman–Crippen LogP) is 1.50. The summed E-state index contributed by atoms with van der Waals surface area (Å²) in [6, 6.07) is 5.49. The van der Waals surface area contributed by atoms with E-state index in [2.05, 4.69) is 0 Å². The van der Waals surface area contributed by atoms with Crippen LogP contribution in [0.4, 0.5) is 5.69 Å². The summed E-state index contributed by atoms with van der Waals surface area (Å²) in [7, 11) is 2.39. The van der Waals surface area contributed by atoms with Crippen molar-refractivity contribution in [3.8, 4) is 0 Å². The zero-order valence-corrected chi connectivity index (χ0v) is 16.3. The molecule has 0 saturated carbocycles. The molecule has 2 heterocycles.